The summed E-state index contributed by atoms with van der Waals surface area (Å²) in [6.45, 7) is 17.7. The Kier molecular flexibility index (Phi) is 20.1. The van der Waals surface area contributed by atoms with Crippen LogP contribution in [0.25, 0.3) is 16.9 Å². The average molecular weight is 593 g/mol. The molecule has 0 aliphatic carbocycles. The summed E-state index contributed by atoms with van der Waals surface area (Å²) in [6.07, 6.45) is 14.4. The van der Waals surface area contributed by atoms with Crippen molar-refractivity contribution in [3.63, 3.8) is 0 Å². The van der Waals surface area contributed by atoms with Crippen LogP contribution in [-0.4, -0.2) is 4.70 Å². The van der Waals surface area contributed by atoms with Crippen molar-refractivity contribution < 1.29 is 25.1 Å². The largest absolute Gasteiger partial charge is 2.00 e. The molecule has 206 valence electrons. The molecule has 37 heavy (non-hydrogen) atoms. The minimum Gasteiger partial charge on any atom is -0.493 e. The van der Waals surface area contributed by atoms with Gasteiger partial charge in [-0.2, -0.15) is 12.8 Å². The van der Waals surface area contributed by atoms with Gasteiger partial charge in [0, 0.05) is 22.8 Å². The van der Waals surface area contributed by atoms with E-state index >= 15 is 0 Å². The normalized spacial score (nSPS) is 12.2. The molecule has 1 heterocycles. The molecule has 3 heteroatoms. The van der Waals surface area contributed by atoms with Crippen molar-refractivity contribution in [3.05, 3.63) is 102 Å². The van der Waals surface area contributed by atoms with Gasteiger partial charge < -0.3 is 19.4 Å². The summed E-state index contributed by atoms with van der Waals surface area (Å²) in [5.41, 5.74) is 19.3. The van der Waals surface area contributed by atoms with Crippen molar-refractivity contribution in [2.24, 2.45) is 0 Å². The van der Waals surface area contributed by atoms with E-state index in [-0.39, 0.29) is 20.4 Å². The monoisotopic (exact) mass is 592 g/mol. The van der Waals surface area contributed by atoms with Gasteiger partial charge in [-0.25, -0.2) is 4.70 Å². The van der Waals surface area contributed by atoms with Gasteiger partial charge in [-0.05, 0) is 73.9 Å². The van der Waals surface area contributed by atoms with Crippen molar-refractivity contribution in [1.82, 2.24) is 0 Å². The number of hydrogen-bond donors (Lipinski definition) is 0. The first kappa shape index (κ1) is 35.2. The van der Waals surface area contributed by atoms with Gasteiger partial charge in [0.1, 0.15) is 0 Å². The predicted molar refractivity (Wildman–Crippen MR) is 159 cm³/mol. The zero-order chi connectivity index (χ0) is 26.8. The summed E-state index contributed by atoms with van der Waals surface area (Å²) in [4.78, 5) is 0. The van der Waals surface area contributed by atoms with E-state index in [1.807, 2.05) is 13.8 Å². The zero-order valence-corrected chi connectivity index (χ0v) is 25.7. The van der Waals surface area contributed by atoms with Gasteiger partial charge in [-0.1, -0.05) is 78.1 Å². The molecule has 0 radical (unpaired) electrons. The van der Waals surface area contributed by atoms with Crippen molar-refractivity contribution in [2.75, 3.05) is 0 Å². The molecule has 3 rings (SSSR count). The minimum atomic E-state index is 0. The van der Waals surface area contributed by atoms with Crippen molar-refractivity contribution in [1.29, 1.82) is 0 Å². The van der Waals surface area contributed by atoms with Gasteiger partial charge in [0.05, 0.1) is 0 Å². The number of benzene rings is 2. The van der Waals surface area contributed by atoms with E-state index in [1.165, 1.54) is 47.1 Å². The Labute approximate surface area is 242 Å². The molecular formula is C34H50N2Pd. The summed E-state index contributed by atoms with van der Waals surface area (Å²) < 4.78 is 1.43. The summed E-state index contributed by atoms with van der Waals surface area (Å²) >= 11 is 0. The average Bonchev–Trinajstić information content (AvgIpc) is 3.22. The molecule has 0 bridgehead atoms. The van der Waals surface area contributed by atoms with Crippen molar-refractivity contribution in [2.45, 2.75) is 105 Å². The maximum atomic E-state index is 11.3. The molecule has 0 saturated heterocycles. The Balaban J connectivity index is 0.00000169. The van der Waals surface area contributed by atoms with Crippen molar-refractivity contribution in [3.8, 4) is 0 Å². The van der Waals surface area contributed by atoms with E-state index in [4.69, 9.17) is 0 Å². The second-order valence-electron chi connectivity index (χ2n) is 9.43. The van der Waals surface area contributed by atoms with Gasteiger partial charge in [-0.3, -0.25) is 0 Å². The fourth-order valence-corrected chi connectivity index (χ4v) is 4.14. The molecule has 2 aromatic rings. The van der Waals surface area contributed by atoms with Crippen LogP contribution in [0.1, 0.15) is 115 Å². The third-order valence-electron chi connectivity index (χ3n) is 5.92. The van der Waals surface area contributed by atoms with Crippen LogP contribution >= 0.6 is 0 Å². The third-order valence-corrected chi connectivity index (χ3v) is 5.92. The van der Waals surface area contributed by atoms with E-state index in [9.17, 15) is 5.53 Å². The summed E-state index contributed by atoms with van der Waals surface area (Å²) in [5, 5.41) is 0. The number of rotatable bonds is 11. The first-order valence-corrected chi connectivity index (χ1v) is 14.2. The smallest absolute Gasteiger partial charge is 0.493 e. The molecular weight excluding hydrogens is 543 g/mol. The Morgan fingerprint density at radius 3 is 1.59 bits per heavy atom. The molecule has 0 aromatic heterocycles. The first-order chi connectivity index (χ1) is 17.5. The van der Waals surface area contributed by atoms with Gasteiger partial charge in [0.25, 0.3) is 0 Å². The summed E-state index contributed by atoms with van der Waals surface area (Å²) in [5.74, 6) is 0. The van der Waals surface area contributed by atoms with Crippen LogP contribution in [0.4, 0.5) is 0 Å². The molecule has 1 aliphatic heterocycles. The standard InChI is InChI=1S/C28H36N2.2C3H7.Pd/c1-4-7-12-22-14-10-17-24(19-22)27-21-26(16-9-6-3)28(30(27)29)25-18-11-15-23(20-25)13-8-5-2;2*1-3-2;/h10-11,14-15,17-21H,4-9,12-13,16H2,1-3H3;2*1,3H2,2H3;/q;2*-1;+2. The molecule has 0 fully saturated rings. The van der Waals surface area contributed by atoms with E-state index in [2.05, 4.69) is 89.2 Å². The zero-order valence-electron chi connectivity index (χ0n) is 24.1. The molecule has 1 aliphatic rings. The van der Waals surface area contributed by atoms with Crippen LogP contribution in [0.15, 0.2) is 60.2 Å². The maximum absolute atomic E-state index is 11.3. The van der Waals surface area contributed by atoms with Crippen LogP contribution in [0, 0.1) is 13.8 Å². The Morgan fingerprint density at radius 1 is 0.676 bits per heavy atom. The molecule has 0 unspecified atom stereocenters. The SMILES string of the molecule is CCCCC1=C(c2cccc(CCCC)c2)[N+](=[N-])C(c2cccc(CCCC)c2)=C1.[CH2-]CC.[CH2-]CC.[Pd+2]. The Morgan fingerprint density at radius 2 is 1.11 bits per heavy atom. The molecule has 2 nitrogen and oxygen atoms in total. The molecule has 0 N–H and O–H groups in total. The predicted octanol–water partition coefficient (Wildman–Crippen LogP) is 10.8. The fourth-order valence-electron chi connectivity index (χ4n) is 4.14. The molecule has 0 amide bonds. The van der Waals surface area contributed by atoms with Gasteiger partial charge >= 0.3 is 20.4 Å². The molecule has 0 atom stereocenters. The van der Waals surface area contributed by atoms with E-state index in [0.29, 0.717) is 0 Å². The number of hydrogen-bond acceptors (Lipinski definition) is 0. The van der Waals surface area contributed by atoms with E-state index in [1.54, 1.807) is 0 Å². The van der Waals surface area contributed by atoms with Gasteiger partial charge in [-0.15, -0.1) is 0 Å². The van der Waals surface area contributed by atoms with Crippen LogP contribution in [-0.2, 0) is 33.3 Å². The Bertz CT molecular complexity index is 969. The first-order valence-electron chi connectivity index (χ1n) is 14.2. The number of unbranched alkanes of at least 4 members (excludes halogenated alkanes) is 3. The second kappa shape index (κ2) is 21.2. The van der Waals surface area contributed by atoms with Crippen molar-refractivity contribution >= 4 is 11.4 Å². The summed E-state index contributed by atoms with van der Waals surface area (Å²) in [7, 11) is 0. The fraction of sp³-hybridized carbons (Fsp3) is 0.471. The number of allylic oxidation sites excluding steroid dienone is 2. The quantitative estimate of drug-likeness (QED) is 0.141. The van der Waals surface area contributed by atoms with E-state index < -0.39 is 0 Å². The van der Waals surface area contributed by atoms with Crippen LogP contribution in [0.5, 0.6) is 0 Å². The molecule has 0 spiro atoms. The molecule has 0 saturated carbocycles. The van der Waals surface area contributed by atoms with Crippen LogP contribution in [0.2, 0.25) is 0 Å². The second-order valence-corrected chi connectivity index (χ2v) is 9.43. The maximum Gasteiger partial charge on any atom is 2.00 e. The Hall–Kier alpha value is -1.82. The van der Waals surface area contributed by atoms with Crippen LogP contribution in [0.3, 0.4) is 0 Å². The topological polar surface area (TPSA) is 25.3 Å². The van der Waals surface area contributed by atoms with E-state index in [0.717, 1.165) is 67.5 Å². The minimum absolute atomic E-state index is 0. The van der Waals surface area contributed by atoms with Crippen LogP contribution < -0.4 is 0 Å². The number of aryl methyl sites for hydroxylation is 2. The number of nitrogens with zero attached hydrogens (tertiary/aromatic N) is 2. The third kappa shape index (κ3) is 12.1. The summed E-state index contributed by atoms with van der Waals surface area (Å²) in [6, 6.07) is 17.4. The van der Waals surface area contributed by atoms with Gasteiger partial charge in [0.15, 0.2) is 0 Å². The van der Waals surface area contributed by atoms with Gasteiger partial charge in [0.2, 0.25) is 11.4 Å². The molecule has 2 aromatic carbocycles.